The Morgan fingerprint density at radius 3 is 2.63 bits per heavy atom. The number of anilines is 2. The molecule has 5 rings (SSSR count). The van der Waals surface area contributed by atoms with Crippen molar-refractivity contribution in [3.8, 4) is 17.0 Å². The third-order valence-corrected chi connectivity index (χ3v) is 5.88. The van der Waals surface area contributed by atoms with Crippen molar-refractivity contribution < 1.29 is 18.3 Å². The minimum Gasteiger partial charge on any atom is -0.490 e. The molecule has 1 aromatic carbocycles. The first-order valence-corrected chi connectivity index (χ1v) is 12.8. The summed E-state index contributed by atoms with van der Waals surface area (Å²) in [6.45, 7) is 12.4. The maximum Gasteiger partial charge on any atom is 0.229 e. The van der Waals surface area contributed by atoms with Gasteiger partial charge in [0.25, 0.3) is 0 Å². The Hall–Kier alpha value is -3.70. The number of rotatable bonds is 7. The summed E-state index contributed by atoms with van der Waals surface area (Å²) in [6, 6.07) is 6.61. The van der Waals surface area contributed by atoms with Gasteiger partial charge in [-0.3, -0.25) is 0 Å². The number of fused-ring (bicyclic) bond motifs is 1. The first-order valence-electron chi connectivity index (χ1n) is 12.8. The lowest BCUT2D eigenvalue weighted by Gasteiger charge is -2.23. The molecule has 1 aliphatic rings. The maximum atomic E-state index is 14.9. The lowest BCUT2D eigenvalue weighted by Crippen LogP contribution is -2.44. The summed E-state index contributed by atoms with van der Waals surface area (Å²) in [6.07, 6.45) is 2.63. The van der Waals surface area contributed by atoms with Gasteiger partial charge in [-0.05, 0) is 45.0 Å². The third-order valence-electron chi connectivity index (χ3n) is 5.88. The second-order valence-electron chi connectivity index (χ2n) is 8.88. The van der Waals surface area contributed by atoms with Gasteiger partial charge < -0.3 is 24.7 Å². The summed E-state index contributed by atoms with van der Waals surface area (Å²) in [5.41, 5.74) is 1.10. The van der Waals surface area contributed by atoms with Gasteiger partial charge >= 0.3 is 0 Å². The molecule has 202 valence electrons. The molecule has 0 aliphatic carbocycles. The zero-order valence-electron chi connectivity index (χ0n) is 22.3. The third kappa shape index (κ3) is 6.05. The largest absolute Gasteiger partial charge is 0.490 e. The van der Waals surface area contributed by atoms with Crippen molar-refractivity contribution in [3.63, 3.8) is 0 Å². The number of hydrogen-bond acceptors (Lipinski definition) is 8. The Morgan fingerprint density at radius 1 is 1.13 bits per heavy atom. The number of ether oxygens (including phenoxy) is 2. The highest BCUT2D eigenvalue weighted by atomic mass is 19.1. The van der Waals surface area contributed by atoms with Gasteiger partial charge in [-0.2, -0.15) is 0 Å². The number of aromatic nitrogens is 5. The van der Waals surface area contributed by atoms with Gasteiger partial charge in [0.15, 0.2) is 11.6 Å². The number of benzene rings is 1. The first-order chi connectivity index (χ1) is 18.4. The van der Waals surface area contributed by atoms with Crippen LogP contribution < -0.4 is 15.4 Å². The van der Waals surface area contributed by atoms with E-state index in [0.29, 0.717) is 48.3 Å². The number of hydrogen-bond donors (Lipinski definition) is 2. The highest BCUT2D eigenvalue weighted by Crippen LogP contribution is 2.30. The molecule has 38 heavy (non-hydrogen) atoms. The van der Waals surface area contributed by atoms with Crippen molar-refractivity contribution in [2.45, 2.75) is 46.7 Å². The number of nitrogens with one attached hydrogen (secondary N) is 2. The van der Waals surface area contributed by atoms with Crippen LogP contribution in [0.2, 0.25) is 0 Å². The summed E-state index contributed by atoms with van der Waals surface area (Å²) in [5.74, 6) is 0.672. The van der Waals surface area contributed by atoms with E-state index in [4.69, 9.17) is 9.47 Å². The zero-order valence-corrected chi connectivity index (χ0v) is 22.3. The van der Waals surface area contributed by atoms with Gasteiger partial charge in [0.05, 0.1) is 37.2 Å². The lowest BCUT2D eigenvalue weighted by atomic mass is 10.1. The number of aryl methyl sites for hydroxylation is 1. The van der Waals surface area contributed by atoms with Crippen LogP contribution in [-0.2, 0) is 4.74 Å². The molecule has 1 fully saturated rings. The van der Waals surface area contributed by atoms with Crippen molar-refractivity contribution >= 4 is 22.8 Å². The fourth-order valence-corrected chi connectivity index (χ4v) is 4.26. The van der Waals surface area contributed by atoms with Crippen molar-refractivity contribution in [1.29, 1.82) is 0 Å². The number of morpholine rings is 1. The van der Waals surface area contributed by atoms with Crippen LogP contribution in [0.15, 0.2) is 36.7 Å². The van der Waals surface area contributed by atoms with Crippen LogP contribution in [0.1, 0.15) is 39.6 Å². The molecule has 3 aromatic heterocycles. The second-order valence-corrected chi connectivity index (χ2v) is 8.88. The van der Waals surface area contributed by atoms with Crippen LogP contribution in [0, 0.1) is 18.6 Å². The smallest absolute Gasteiger partial charge is 0.229 e. The Bertz CT molecular complexity index is 1370. The number of nitrogens with zero attached hydrogens (tertiary/aromatic N) is 5. The highest BCUT2D eigenvalue weighted by molar-refractivity contribution is 5.83. The lowest BCUT2D eigenvalue weighted by molar-refractivity contribution is 0.0592. The predicted molar refractivity (Wildman–Crippen MR) is 143 cm³/mol. The number of imidazole rings is 1. The van der Waals surface area contributed by atoms with Crippen LogP contribution in [-0.4, -0.2) is 56.9 Å². The molecular weight excluding hydrogens is 492 g/mol. The Labute approximate surface area is 220 Å². The van der Waals surface area contributed by atoms with Crippen LogP contribution in [0.3, 0.4) is 0 Å². The molecule has 1 unspecified atom stereocenters. The van der Waals surface area contributed by atoms with Crippen molar-refractivity contribution in [2.24, 2.45) is 0 Å². The molecule has 0 spiro atoms. The Balaban J connectivity index is 0.00000164. The second kappa shape index (κ2) is 12.2. The molecule has 11 heteroatoms. The first kappa shape index (κ1) is 27.3. The summed E-state index contributed by atoms with van der Waals surface area (Å²) in [7, 11) is 0. The van der Waals surface area contributed by atoms with Gasteiger partial charge in [0.2, 0.25) is 5.95 Å². The average Bonchev–Trinajstić information content (AvgIpc) is 3.27. The van der Waals surface area contributed by atoms with Gasteiger partial charge in [0.1, 0.15) is 35.2 Å². The number of pyridine rings is 1. The summed E-state index contributed by atoms with van der Waals surface area (Å²) >= 11 is 0. The van der Waals surface area contributed by atoms with Crippen molar-refractivity contribution in [1.82, 2.24) is 29.8 Å². The SMILES string of the molecule is CC.Cc1nc2c(F)cc(-c3nc(Nc4ccc(OCC5COCCN5)cn4)ncc3F)cc2n1C(C)C. The van der Waals surface area contributed by atoms with E-state index in [1.165, 1.54) is 6.07 Å². The number of halogens is 2. The maximum absolute atomic E-state index is 14.9. The van der Waals surface area contributed by atoms with E-state index in [1.54, 1.807) is 24.4 Å². The minimum atomic E-state index is -0.663. The molecule has 1 aliphatic heterocycles. The monoisotopic (exact) mass is 525 g/mol. The van der Waals surface area contributed by atoms with Gasteiger partial charge in [-0.15, -0.1) is 0 Å². The van der Waals surface area contributed by atoms with E-state index in [1.807, 2.05) is 39.2 Å². The summed E-state index contributed by atoms with van der Waals surface area (Å²) in [5, 5.41) is 6.28. The molecule has 1 saturated heterocycles. The average molecular weight is 526 g/mol. The van der Waals surface area contributed by atoms with E-state index in [-0.39, 0.29) is 29.2 Å². The predicted octanol–water partition coefficient (Wildman–Crippen LogP) is 5.19. The zero-order chi connectivity index (χ0) is 27.2. The highest BCUT2D eigenvalue weighted by Gasteiger charge is 2.19. The van der Waals surface area contributed by atoms with Gasteiger partial charge in [-0.25, -0.2) is 28.7 Å². The molecular formula is C27H33F2N7O2. The molecule has 4 aromatic rings. The van der Waals surface area contributed by atoms with E-state index < -0.39 is 11.6 Å². The minimum absolute atomic E-state index is 0.0235. The molecule has 4 heterocycles. The molecule has 0 bridgehead atoms. The van der Waals surface area contributed by atoms with E-state index >= 15 is 0 Å². The van der Waals surface area contributed by atoms with E-state index in [2.05, 4.69) is 30.6 Å². The molecule has 2 N–H and O–H groups in total. The van der Waals surface area contributed by atoms with E-state index in [0.717, 1.165) is 12.7 Å². The van der Waals surface area contributed by atoms with Crippen LogP contribution >= 0.6 is 0 Å². The van der Waals surface area contributed by atoms with Crippen LogP contribution in [0.25, 0.3) is 22.3 Å². The van der Waals surface area contributed by atoms with Crippen molar-refractivity contribution in [2.75, 3.05) is 31.7 Å². The summed E-state index contributed by atoms with van der Waals surface area (Å²) < 4.78 is 42.7. The Kier molecular flexibility index (Phi) is 8.80. The van der Waals surface area contributed by atoms with E-state index in [9.17, 15) is 8.78 Å². The van der Waals surface area contributed by atoms with Crippen LogP contribution in [0.5, 0.6) is 5.75 Å². The molecule has 9 nitrogen and oxygen atoms in total. The van der Waals surface area contributed by atoms with Gasteiger partial charge in [-0.1, -0.05) is 13.8 Å². The molecule has 1 atom stereocenters. The topological polar surface area (TPSA) is 99.0 Å². The molecule has 0 amide bonds. The summed E-state index contributed by atoms with van der Waals surface area (Å²) in [4.78, 5) is 17.0. The molecule has 0 radical (unpaired) electrons. The quantitative estimate of drug-likeness (QED) is 0.340. The van der Waals surface area contributed by atoms with Crippen LogP contribution in [0.4, 0.5) is 20.5 Å². The molecule has 0 saturated carbocycles. The fraction of sp³-hybridized carbons (Fsp3) is 0.407. The normalized spacial score (nSPS) is 15.3. The van der Waals surface area contributed by atoms with Crippen molar-refractivity contribution in [3.05, 3.63) is 54.1 Å². The Morgan fingerprint density at radius 2 is 1.95 bits per heavy atom. The fourth-order valence-electron chi connectivity index (χ4n) is 4.26. The van der Waals surface area contributed by atoms with Gasteiger partial charge in [0, 0.05) is 18.2 Å². The standard InChI is InChI=1S/C25H27F2N7O2.C2H6/c1-14(2)34-15(3)31-24-19(26)8-16(9-21(24)34)23-20(27)11-30-25(33-23)32-22-5-4-18(10-29-22)36-13-17-12-35-7-6-28-17;1-2/h4-5,8-11,14,17,28H,6-7,12-13H2,1-3H3,(H,29,30,32,33);1-2H3.